The summed E-state index contributed by atoms with van der Waals surface area (Å²) >= 11 is 0. The van der Waals surface area contributed by atoms with Crippen molar-refractivity contribution in [2.75, 3.05) is 0 Å². The SMILES string of the molecule is [C-]#[N+]c1ccc(-c2ccc3c4ccccc4n(-c4cc(C#N)ccc4-c4nc(C)nc(C)n4)c3c2)c(C#N)c1. The Morgan fingerprint density at radius 2 is 1.49 bits per heavy atom. The summed E-state index contributed by atoms with van der Waals surface area (Å²) in [5.41, 5.74) is 6.39. The number of aryl methyl sites for hydroxylation is 2. The van der Waals surface area contributed by atoms with Gasteiger partial charge in [0.2, 0.25) is 0 Å². The second-order valence-electron chi connectivity index (χ2n) is 9.14. The van der Waals surface area contributed by atoms with Crippen molar-refractivity contribution < 1.29 is 0 Å². The fourth-order valence-electron chi connectivity index (χ4n) is 5.06. The van der Waals surface area contributed by atoms with Gasteiger partial charge in [0, 0.05) is 21.9 Å². The summed E-state index contributed by atoms with van der Waals surface area (Å²) in [6.07, 6.45) is 0. The number of nitriles is 2. The Bertz CT molecular complexity index is 2060. The van der Waals surface area contributed by atoms with Crippen LogP contribution in [0, 0.1) is 43.1 Å². The third-order valence-corrected chi connectivity index (χ3v) is 6.71. The molecule has 6 aromatic rings. The molecule has 0 amide bonds. The lowest BCUT2D eigenvalue weighted by molar-refractivity contribution is 0.926. The summed E-state index contributed by atoms with van der Waals surface area (Å²) in [6, 6.07) is 29.4. The van der Waals surface area contributed by atoms with E-state index in [1.165, 1.54) is 0 Å². The van der Waals surface area contributed by atoms with Crippen molar-refractivity contribution in [3.63, 3.8) is 0 Å². The van der Waals surface area contributed by atoms with E-state index in [0.29, 0.717) is 34.3 Å². The van der Waals surface area contributed by atoms with Crippen molar-refractivity contribution in [1.82, 2.24) is 19.5 Å². The van der Waals surface area contributed by atoms with Crippen molar-refractivity contribution >= 4 is 27.5 Å². The minimum absolute atomic E-state index is 0.423. The molecule has 2 aromatic heterocycles. The van der Waals surface area contributed by atoms with Gasteiger partial charge in [-0.15, -0.1) is 0 Å². The van der Waals surface area contributed by atoms with Gasteiger partial charge in [-0.1, -0.05) is 42.5 Å². The van der Waals surface area contributed by atoms with Gasteiger partial charge in [-0.2, -0.15) is 10.5 Å². The second-order valence-corrected chi connectivity index (χ2v) is 9.14. The van der Waals surface area contributed by atoms with Gasteiger partial charge in [0.25, 0.3) is 0 Å². The Balaban J connectivity index is 1.71. The first-order valence-corrected chi connectivity index (χ1v) is 12.2. The summed E-state index contributed by atoms with van der Waals surface area (Å²) in [4.78, 5) is 17.0. The Labute approximate surface area is 224 Å². The van der Waals surface area contributed by atoms with E-state index < -0.39 is 0 Å². The molecule has 0 aliphatic rings. The smallest absolute Gasteiger partial charge is 0.188 e. The van der Waals surface area contributed by atoms with E-state index in [9.17, 15) is 10.5 Å². The molecule has 0 saturated carbocycles. The largest absolute Gasteiger partial charge is 0.308 e. The molecule has 7 heteroatoms. The molecule has 182 valence electrons. The van der Waals surface area contributed by atoms with E-state index in [1.807, 2.05) is 56.3 Å². The van der Waals surface area contributed by atoms with Crippen molar-refractivity contribution in [3.8, 4) is 40.3 Å². The van der Waals surface area contributed by atoms with E-state index in [0.717, 1.165) is 44.2 Å². The van der Waals surface area contributed by atoms with Crippen molar-refractivity contribution in [2.24, 2.45) is 0 Å². The molecule has 0 bridgehead atoms. The van der Waals surface area contributed by atoms with E-state index in [4.69, 9.17) is 6.57 Å². The van der Waals surface area contributed by atoms with Crippen LogP contribution in [0.15, 0.2) is 78.9 Å². The average Bonchev–Trinajstić information content (AvgIpc) is 3.29. The minimum atomic E-state index is 0.423. The number of hydrogen-bond donors (Lipinski definition) is 0. The van der Waals surface area contributed by atoms with Crippen molar-refractivity contribution in [1.29, 1.82) is 10.5 Å². The van der Waals surface area contributed by atoms with Gasteiger partial charge in [0.1, 0.15) is 11.6 Å². The van der Waals surface area contributed by atoms with Crippen LogP contribution in [0.25, 0.3) is 54.9 Å². The number of fused-ring (bicyclic) bond motifs is 3. The Hall–Kier alpha value is -5.84. The number of para-hydroxylation sites is 1. The predicted octanol–water partition coefficient (Wildman–Crippen LogP) is 7.21. The van der Waals surface area contributed by atoms with Crippen LogP contribution in [-0.2, 0) is 0 Å². The molecule has 39 heavy (non-hydrogen) atoms. The maximum Gasteiger partial charge on any atom is 0.188 e. The predicted molar refractivity (Wildman–Crippen MR) is 150 cm³/mol. The van der Waals surface area contributed by atoms with Crippen LogP contribution in [0.2, 0.25) is 0 Å². The highest BCUT2D eigenvalue weighted by atomic mass is 15.0. The van der Waals surface area contributed by atoms with E-state index in [1.54, 1.807) is 18.2 Å². The molecule has 2 heterocycles. The zero-order valence-electron chi connectivity index (χ0n) is 21.1. The first kappa shape index (κ1) is 23.6. The quantitative estimate of drug-likeness (QED) is 0.239. The topological polar surface area (TPSA) is 95.5 Å². The number of benzene rings is 4. The van der Waals surface area contributed by atoms with Crippen molar-refractivity contribution in [3.05, 3.63) is 113 Å². The highest BCUT2D eigenvalue weighted by molar-refractivity contribution is 6.10. The van der Waals surface area contributed by atoms with Crippen LogP contribution >= 0.6 is 0 Å². The maximum atomic E-state index is 9.82. The molecule has 0 unspecified atom stereocenters. The Morgan fingerprint density at radius 3 is 2.23 bits per heavy atom. The van der Waals surface area contributed by atoms with Gasteiger partial charge in [-0.25, -0.2) is 19.8 Å². The fraction of sp³-hybridized carbons (Fsp3) is 0.0625. The molecule has 0 saturated heterocycles. The summed E-state index contributed by atoms with van der Waals surface area (Å²) in [5, 5.41) is 21.7. The molecule has 4 aromatic carbocycles. The van der Waals surface area contributed by atoms with E-state index in [-0.39, 0.29) is 0 Å². The molecule has 0 radical (unpaired) electrons. The zero-order valence-corrected chi connectivity index (χ0v) is 21.1. The Kier molecular flexibility index (Phi) is 5.57. The molecule has 0 aliphatic carbocycles. The lowest BCUT2D eigenvalue weighted by Crippen LogP contribution is -2.03. The summed E-state index contributed by atoms with van der Waals surface area (Å²) < 4.78 is 2.12. The summed E-state index contributed by atoms with van der Waals surface area (Å²) in [6.45, 7) is 11.0. The lowest BCUT2D eigenvalue weighted by Gasteiger charge is -2.14. The van der Waals surface area contributed by atoms with Gasteiger partial charge >= 0.3 is 0 Å². The van der Waals surface area contributed by atoms with Crippen LogP contribution in [0.5, 0.6) is 0 Å². The first-order chi connectivity index (χ1) is 19.0. The number of hydrogen-bond acceptors (Lipinski definition) is 5. The highest BCUT2D eigenvalue weighted by Gasteiger charge is 2.19. The van der Waals surface area contributed by atoms with Crippen LogP contribution in [0.4, 0.5) is 5.69 Å². The van der Waals surface area contributed by atoms with Gasteiger partial charge in [-0.3, -0.25) is 0 Å². The number of rotatable bonds is 3. The molecule has 7 nitrogen and oxygen atoms in total. The van der Waals surface area contributed by atoms with Gasteiger partial charge in [-0.05, 0) is 61.4 Å². The van der Waals surface area contributed by atoms with Gasteiger partial charge in [0.05, 0.1) is 41.0 Å². The standard InChI is InChI=1S/C32H19N7/c1-19-36-20(2)38-32(37-19)28-11-8-21(17-33)14-30(28)39-29-7-5-4-6-26(29)27-12-9-22(16-31(27)39)25-13-10-24(35-3)15-23(25)18-34/h4-16H,1-2H3. The van der Waals surface area contributed by atoms with Crippen LogP contribution in [0.3, 0.4) is 0 Å². The molecular weight excluding hydrogens is 482 g/mol. The molecule has 6 rings (SSSR count). The average molecular weight is 502 g/mol. The first-order valence-electron chi connectivity index (χ1n) is 12.2. The molecule has 0 atom stereocenters. The molecular formula is C32H19N7. The van der Waals surface area contributed by atoms with Crippen LogP contribution < -0.4 is 0 Å². The van der Waals surface area contributed by atoms with Crippen LogP contribution in [-0.4, -0.2) is 19.5 Å². The highest BCUT2D eigenvalue weighted by Crippen LogP contribution is 2.38. The molecule has 0 aliphatic heterocycles. The number of nitrogens with zero attached hydrogens (tertiary/aromatic N) is 7. The van der Waals surface area contributed by atoms with E-state index in [2.05, 4.69) is 54.7 Å². The zero-order chi connectivity index (χ0) is 27.1. The third kappa shape index (κ3) is 3.94. The van der Waals surface area contributed by atoms with E-state index >= 15 is 0 Å². The Morgan fingerprint density at radius 1 is 0.744 bits per heavy atom. The second kappa shape index (κ2) is 9.23. The molecule has 0 fully saturated rings. The normalized spacial score (nSPS) is 10.7. The minimum Gasteiger partial charge on any atom is -0.308 e. The summed E-state index contributed by atoms with van der Waals surface area (Å²) in [5.74, 6) is 1.76. The van der Waals surface area contributed by atoms with Crippen LogP contribution in [0.1, 0.15) is 22.8 Å². The fourth-order valence-corrected chi connectivity index (χ4v) is 5.06. The maximum absolute atomic E-state index is 9.82. The molecule has 0 spiro atoms. The van der Waals surface area contributed by atoms with Crippen molar-refractivity contribution in [2.45, 2.75) is 13.8 Å². The lowest BCUT2D eigenvalue weighted by atomic mass is 9.98. The monoisotopic (exact) mass is 501 g/mol. The third-order valence-electron chi connectivity index (χ3n) is 6.71. The number of aromatic nitrogens is 4. The molecule has 0 N–H and O–H groups in total. The van der Waals surface area contributed by atoms with Gasteiger partial charge in [0.15, 0.2) is 11.5 Å². The summed E-state index contributed by atoms with van der Waals surface area (Å²) in [7, 11) is 0. The van der Waals surface area contributed by atoms with Gasteiger partial charge < -0.3 is 4.57 Å².